The fourth-order valence-corrected chi connectivity index (χ4v) is 4.62. The van der Waals surface area contributed by atoms with Crippen LogP contribution in [0.3, 0.4) is 0 Å². The largest absolute Gasteiger partial charge is 0.504 e. The van der Waals surface area contributed by atoms with E-state index >= 15 is 0 Å². The van der Waals surface area contributed by atoms with Crippen molar-refractivity contribution in [2.24, 2.45) is 5.92 Å². The third kappa shape index (κ3) is 6.24. The average molecular weight is 492 g/mol. The maximum atomic E-state index is 13.5. The van der Waals surface area contributed by atoms with Gasteiger partial charge in [0.1, 0.15) is 11.6 Å². The molecular formula is C28H30FN3O4. The van der Waals surface area contributed by atoms with E-state index in [0.29, 0.717) is 23.9 Å². The van der Waals surface area contributed by atoms with Crippen LogP contribution in [-0.2, 0) is 11.2 Å². The maximum absolute atomic E-state index is 13.5. The lowest BCUT2D eigenvalue weighted by Gasteiger charge is -2.33. The molecule has 36 heavy (non-hydrogen) atoms. The summed E-state index contributed by atoms with van der Waals surface area (Å²) in [5.74, 6) is -0.911. The molecular weight excluding hydrogens is 461 g/mol. The first-order chi connectivity index (χ1) is 17.3. The number of aryl methyl sites for hydroxylation is 1. The molecule has 2 aromatic carbocycles. The summed E-state index contributed by atoms with van der Waals surface area (Å²) in [5, 5.41) is 19.1. The molecule has 2 N–H and O–H groups in total. The molecule has 0 radical (unpaired) electrons. The third-order valence-corrected chi connectivity index (χ3v) is 6.64. The van der Waals surface area contributed by atoms with Crippen LogP contribution in [0, 0.1) is 18.7 Å². The minimum atomic E-state index is -0.958. The highest BCUT2D eigenvalue weighted by Gasteiger charge is 2.23. The molecule has 0 saturated carbocycles. The van der Waals surface area contributed by atoms with Crippen molar-refractivity contribution in [1.82, 2.24) is 9.97 Å². The molecule has 0 unspecified atom stereocenters. The number of aromatic hydroxyl groups is 1. The Morgan fingerprint density at radius 3 is 2.42 bits per heavy atom. The van der Waals surface area contributed by atoms with Gasteiger partial charge in [0.2, 0.25) is 0 Å². The SMILES string of the molecule is Cc1nc(CC2CCN(c3ccc(-c4cccc(F)c4)cc3)CC2)nc(C(=O)CCCC(=O)O)c1O. The second kappa shape index (κ2) is 11.3. The first-order valence-corrected chi connectivity index (χ1v) is 12.2. The lowest BCUT2D eigenvalue weighted by molar-refractivity contribution is -0.137. The number of carbonyl (C=O) groups is 2. The van der Waals surface area contributed by atoms with Gasteiger partial charge in [0.05, 0.1) is 5.69 Å². The molecule has 0 bridgehead atoms. The number of rotatable bonds is 9. The van der Waals surface area contributed by atoms with Crippen LogP contribution in [0.25, 0.3) is 11.1 Å². The Labute approximate surface area is 209 Å². The van der Waals surface area contributed by atoms with E-state index < -0.39 is 5.97 Å². The second-order valence-corrected chi connectivity index (χ2v) is 9.28. The number of hydrogen-bond acceptors (Lipinski definition) is 6. The fraction of sp³-hybridized carbons (Fsp3) is 0.357. The molecule has 0 atom stereocenters. The quantitative estimate of drug-likeness (QED) is 0.397. The molecule has 8 heteroatoms. The van der Waals surface area contributed by atoms with Crippen molar-refractivity contribution in [3.05, 3.63) is 71.6 Å². The van der Waals surface area contributed by atoms with Crippen LogP contribution >= 0.6 is 0 Å². The predicted molar refractivity (Wildman–Crippen MR) is 135 cm³/mol. The van der Waals surface area contributed by atoms with Gasteiger partial charge in [-0.25, -0.2) is 14.4 Å². The summed E-state index contributed by atoms with van der Waals surface area (Å²) >= 11 is 0. The van der Waals surface area contributed by atoms with Crippen LogP contribution in [0.4, 0.5) is 10.1 Å². The number of halogens is 1. The lowest BCUT2D eigenvalue weighted by atomic mass is 9.92. The number of aliphatic carboxylic acids is 1. The number of carboxylic acids is 1. The number of nitrogens with zero attached hydrogens (tertiary/aromatic N) is 3. The molecule has 1 saturated heterocycles. The van der Waals surface area contributed by atoms with Crippen molar-refractivity contribution in [3.63, 3.8) is 0 Å². The molecule has 0 spiro atoms. The monoisotopic (exact) mass is 491 g/mol. The van der Waals surface area contributed by atoms with E-state index in [4.69, 9.17) is 5.11 Å². The molecule has 0 amide bonds. The normalized spacial score (nSPS) is 14.1. The average Bonchev–Trinajstić information content (AvgIpc) is 2.86. The van der Waals surface area contributed by atoms with Crippen molar-refractivity contribution in [1.29, 1.82) is 0 Å². The molecule has 1 aromatic heterocycles. The summed E-state index contributed by atoms with van der Waals surface area (Å²) in [6.07, 6.45) is 2.62. The van der Waals surface area contributed by atoms with Gasteiger partial charge in [-0.3, -0.25) is 9.59 Å². The van der Waals surface area contributed by atoms with Gasteiger partial charge in [-0.15, -0.1) is 0 Å². The summed E-state index contributed by atoms with van der Waals surface area (Å²) in [6.45, 7) is 3.40. The van der Waals surface area contributed by atoms with Gasteiger partial charge < -0.3 is 15.1 Å². The molecule has 2 heterocycles. The molecule has 1 aliphatic rings. The second-order valence-electron chi connectivity index (χ2n) is 9.28. The minimum absolute atomic E-state index is 0.0151. The Morgan fingerprint density at radius 2 is 1.75 bits per heavy atom. The Balaban J connectivity index is 1.35. The van der Waals surface area contributed by atoms with Gasteiger partial charge in [0.25, 0.3) is 0 Å². The van der Waals surface area contributed by atoms with Crippen molar-refractivity contribution < 1.29 is 24.2 Å². The number of hydrogen-bond donors (Lipinski definition) is 2. The summed E-state index contributed by atoms with van der Waals surface area (Å²) in [6, 6.07) is 14.7. The lowest BCUT2D eigenvalue weighted by Crippen LogP contribution is -2.34. The molecule has 7 nitrogen and oxygen atoms in total. The first kappa shape index (κ1) is 25.3. The zero-order valence-electron chi connectivity index (χ0n) is 20.3. The highest BCUT2D eigenvalue weighted by atomic mass is 19.1. The maximum Gasteiger partial charge on any atom is 0.303 e. The van der Waals surface area contributed by atoms with Crippen molar-refractivity contribution >= 4 is 17.4 Å². The topological polar surface area (TPSA) is 104 Å². The Bertz CT molecular complexity index is 1240. The number of piperidine rings is 1. The third-order valence-electron chi connectivity index (χ3n) is 6.64. The summed E-state index contributed by atoms with van der Waals surface area (Å²) in [7, 11) is 0. The van der Waals surface area contributed by atoms with E-state index in [1.165, 1.54) is 12.1 Å². The Morgan fingerprint density at radius 1 is 1.03 bits per heavy atom. The van der Waals surface area contributed by atoms with Crippen LogP contribution in [-0.4, -0.2) is 45.0 Å². The summed E-state index contributed by atoms with van der Waals surface area (Å²) in [4.78, 5) is 34.3. The number of ketones is 1. The number of anilines is 1. The van der Waals surface area contributed by atoms with Gasteiger partial charge in [-0.2, -0.15) is 0 Å². The molecule has 188 valence electrons. The van der Waals surface area contributed by atoms with Gasteiger partial charge in [0, 0.05) is 38.0 Å². The van der Waals surface area contributed by atoms with E-state index in [9.17, 15) is 19.1 Å². The van der Waals surface area contributed by atoms with Crippen LogP contribution in [0.1, 0.15) is 54.1 Å². The Kier molecular flexibility index (Phi) is 7.93. The van der Waals surface area contributed by atoms with Gasteiger partial charge in [-0.05, 0) is 67.5 Å². The zero-order valence-corrected chi connectivity index (χ0v) is 20.3. The van der Waals surface area contributed by atoms with Gasteiger partial charge in [0.15, 0.2) is 17.2 Å². The fourth-order valence-electron chi connectivity index (χ4n) is 4.62. The van der Waals surface area contributed by atoms with Gasteiger partial charge in [-0.1, -0.05) is 24.3 Å². The molecule has 1 aliphatic heterocycles. The van der Waals surface area contributed by atoms with Crippen LogP contribution in [0.5, 0.6) is 5.75 Å². The van der Waals surface area contributed by atoms with E-state index in [1.807, 2.05) is 18.2 Å². The predicted octanol–water partition coefficient (Wildman–Crippen LogP) is 5.19. The molecule has 0 aliphatic carbocycles. The molecule has 4 rings (SSSR count). The van der Waals surface area contributed by atoms with Crippen LogP contribution < -0.4 is 4.90 Å². The van der Waals surface area contributed by atoms with Crippen LogP contribution in [0.2, 0.25) is 0 Å². The number of Topliss-reactive ketones (excluding diaryl/α,β-unsaturated/α-hetero) is 1. The minimum Gasteiger partial charge on any atom is -0.504 e. The van der Waals surface area contributed by atoms with E-state index in [1.54, 1.807) is 13.0 Å². The van der Waals surface area contributed by atoms with Gasteiger partial charge >= 0.3 is 5.97 Å². The smallest absolute Gasteiger partial charge is 0.303 e. The number of benzene rings is 2. The number of carbonyl (C=O) groups excluding carboxylic acids is 1. The van der Waals surface area contributed by atoms with E-state index in [-0.39, 0.29) is 42.3 Å². The molecule has 1 fully saturated rings. The van der Waals surface area contributed by atoms with Crippen molar-refractivity contribution in [2.45, 2.75) is 45.4 Å². The highest BCUT2D eigenvalue weighted by Crippen LogP contribution is 2.29. The zero-order chi connectivity index (χ0) is 25.7. The highest BCUT2D eigenvalue weighted by molar-refractivity contribution is 5.97. The van der Waals surface area contributed by atoms with E-state index in [0.717, 1.165) is 42.7 Å². The molecule has 3 aromatic rings. The number of aromatic nitrogens is 2. The Hall–Kier alpha value is -3.81. The van der Waals surface area contributed by atoms with Crippen LogP contribution in [0.15, 0.2) is 48.5 Å². The summed E-state index contributed by atoms with van der Waals surface area (Å²) in [5.41, 5.74) is 3.29. The van der Waals surface area contributed by atoms with E-state index in [2.05, 4.69) is 27.0 Å². The standard InChI is InChI=1S/C28H30FN3O4/c1-18-28(36)27(24(33)6-3-7-26(34)35)31-25(30-18)16-19-12-14-32(15-13-19)23-10-8-20(9-11-23)21-4-2-5-22(29)17-21/h2,4-5,8-11,17,19,36H,3,6-7,12-16H2,1H3,(H,34,35). The van der Waals surface area contributed by atoms with Crippen molar-refractivity contribution in [3.8, 4) is 16.9 Å². The first-order valence-electron chi connectivity index (χ1n) is 12.2. The summed E-state index contributed by atoms with van der Waals surface area (Å²) < 4.78 is 13.5. The number of carboxylic acid groups (broad SMARTS) is 1. The van der Waals surface area contributed by atoms with Crippen molar-refractivity contribution in [2.75, 3.05) is 18.0 Å².